The number of carbonyl (C=O) groups excluding carboxylic acids is 3. The Morgan fingerprint density at radius 2 is 1.75 bits per heavy atom. The third kappa shape index (κ3) is 2.74. The molecule has 1 aromatic carbocycles. The maximum atomic E-state index is 13.1. The van der Waals surface area contributed by atoms with Gasteiger partial charge >= 0.3 is 0 Å². The summed E-state index contributed by atoms with van der Waals surface area (Å²) in [5.74, 6) is -2.54. The molecule has 0 radical (unpaired) electrons. The Hall–Kier alpha value is -2.93. The van der Waals surface area contributed by atoms with Gasteiger partial charge in [0, 0.05) is 22.6 Å². The highest BCUT2D eigenvalue weighted by Crippen LogP contribution is 2.47. The molecular formula is C21H22O7. The first-order valence-electron chi connectivity index (χ1n) is 9.02. The monoisotopic (exact) mass is 386 g/mol. The summed E-state index contributed by atoms with van der Waals surface area (Å²) < 4.78 is 5.15. The minimum atomic E-state index is -0.609. The van der Waals surface area contributed by atoms with E-state index in [1.807, 2.05) is 0 Å². The van der Waals surface area contributed by atoms with E-state index in [-0.39, 0.29) is 63.7 Å². The molecule has 7 heteroatoms. The summed E-state index contributed by atoms with van der Waals surface area (Å²) in [5.41, 5.74) is 0.301. The Kier molecular flexibility index (Phi) is 5.12. The van der Waals surface area contributed by atoms with E-state index in [9.17, 15) is 24.6 Å². The number of phenolic OH excluding ortho intramolecular Hbond substituents is 2. The van der Waals surface area contributed by atoms with Crippen molar-refractivity contribution in [3.05, 3.63) is 45.2 Å². The Morgan fingerprint density at radius 3 is 2.32 bits per heavy atom. The van der Waals surface area contributed by atoms with E-state index < -0.39 is 24.1 Å². The zero-order valence-corrected chi connectivity index (χ0v) is 16.0. The molecule has 0 bridgehead atoms. The molecule has 3 N–H and O–H groups in total. The van der Waals surface area contributed by atoms with Crippen molar-refractivity contribution in [2.24, 2.45) is 5.92 Å². The van der Waals surface area contributed by atoms with Gasteiger partial charge in [0.05, 0.1) is 23.8 Å². The summed E-state index contributed by atoms with van der Waals surface area (Å²) in [6.07, 6.45) is 2.18. The van der Waals surface area contributed by atoms with Gasteiger partial charge in [-0.2, -0.15) is 0 Å². The van der Waals surface area contributed by atoms with Gasteiger partial charge in [-0.25, -0.2) is 0 Å². The maximum absolute atomic E-state index is 13.1. The number of carbonyl (C=O) groups is 3. The maximum Gasteiger partial charge on any atom is 0.201 e. The molecular weight excluding hydrogens is 364 g/mol. The summed E-state index contributed by atoms with van der Waals surface area (Å²) >= 11 is 0. The molecule has 1 aromatic rings. The Labute approximate surface area is 161 Å². The first-order chi connectivity index (χ1) is 13.3. The zero-order chi connectivity index (χ0) is 20.7. The van der Waals surface area contributed by atoms with Crippen molar-refractivity contribution in [3.63, 3.8) is 0 Å². The van der Waals surface area contributed by atoms with Gasteiger partial charge in [-0.3, -0.25) is 14.4 Å². The molecule has 28 heavy (non-hydrogen) atoms. The van der Waals surface area contributed by atoms with Crippen LogP contribution in [0.5, 0.6) is 11.5 Å². The predicted molar refractivity (Wildman–Crippen MR) is 99.5 cm³/mol. The van der Waals surface area contributed by atoms with Crippen molar-refractivity contribution in [1.29, 1.82) is 0 Å². The number of benzene rings is 1. The van der Waals surface area contributed by atoms with Crippen LogP contribution in [-0.2, 0) is 22.4 Å². The van der Waals surface area contributed by atoms with Gasteiger partial charge in [0.2, 0.25) is 5.78 Å². The number of hydrogen-bond acceptors (Lipinski definition) is 7. The summed E-state index contributed by atoms with van der Waals surface area (Å²) in [6, 6.07) is 0. The number of aliphatic hydroxyl groups excluding tert-OH is 1. The normalized spacial score (nSPS) is 22.0. The second-order valence-electron chi connectivity index (χ2n) is 6.96. The quantitative estimate of drug-likeness (QED) is 0.413. The second kappa shape index (κ2) is 7.24. The van der Waals surface area contributed by atoms with Crippen LogP contribution in [0.2, 0.25) is 0 Å². The number of Topliss-reactive ketones (excluding diaryl/α,β-unsaturated/α-hetero) is 3. The lowest BCUT2D eigenvalue weighted by atomic mass is 9.74. The van der Waals surface area contributed by atoms with Crippen molar-refractivity contribution < 1.29 is 34.4 Å². The van der Waals surface area contributed by atoms with E-state index in [1.165, 1.54) is 13.2 Å². The number of fused-ring (bicyclic) bond motifs is 2. The molecule has 2 aliphatic carbocycles. The van der Waals surface area contributed by atoms with Crippen LogP contribution in [0.25, 0.3) is 0 Å². The number of ether oxygens (including phenoxy) is 1. The Balaban J connectivity index is 2.29. The summed E-state index contributed by atoms with van der Waals surface area (Å²) in [7, 11) is 1.38. The number of phenols is 2. The molecule has 0 amide bonds. The molecule has 3 rings (SSSR count). The van der Waals surface area contributed by atoms with Gasteiger partial charge < -0.3 is 20.1 Å². The van der Waals surface area contributed by atoms with Crippen LogP contribution < -0.4 is 0 Å². The molecule has 1 atom stereocenters. The van der Waals surface area contributed by atoms with Crippen molar-refractivity contribution in [2.45, 2.75) is 33.1 Å². The average molecular weight is 386 g/mol. The van der Waals surface area contributed by atoms with Crippen molar-refractivity contribution in [1.82, 2.24) is 0 Å². The van der Waals surface area contributed by atoms with E-state index in [1.54, 1.807) is 13.8 Å². The van der Waals surface area contributed by atoms with E-state index in [0.717, 1.165) is 0 Å². The van der Waals surface area contributed by atoms with Crippen molar-refractivity contribution in [3.8, 4) is 11.5 Å². The lowest BCUT2D eigenvalue weighted by Crippen LogP contribution is -2.29. The summed E-state index contributed by atoms with van der Waals surface area (Å²) in [5, 5.41) is 30.7. The minimum absolute atomic E-state index is 0.0568. The van der Waals surface area contributed by atoms with Gasteiger partial charge in [0.15, 0.2) is 11.6 Å². The van der Waals surface area contributed by atoms with Crippen LogP contribution in [0.15, 0.2) is 23.0 Å². The topological polar surface area (TPSA) is 121 Å². The third-order valence-corrected chi connectivity index (χ3v) is 5.61. The van der Waals surface area contributed by atoms with Crippen LogP contribution >= 0.6 is 0 Å². The molecule has 0 aliphatic heterocycles. The largest absolute Gasteiger partial charge is 0.507 e. The molecule has 0 saturated heterocycles. The molecule has 1 unspecified atom stereocenters. The number of methoxy groups -OCH3 is 1. The van der Waals surface area contributed by atoms with E-state index in [2.05, 4.69) is 0 Å². The van der Waals surface area contributed by atoms with E-state index in [4.69, 9.17) is 9.84 Å². The lowest BCUT2D eigenvalue weighted by molar-refractivity contribution is -0.125. The zero-order valence-electron chi connectivity index (χ0n) is 16.0. The van der Waals surface area contributed by atoms with Crippen molar-refractivity contribution >= 4 is 17.3 Å². The number of aromatic hydroxyl groups is 2. The molecule has 0 saturated carbocycles. The molecule has 0 spiro atoms. The summed E-state index contributed by atoms with van der Waals surface area (Å²) in [6.45, 7) is 2.54. The van der Waals surface area contributed by atoms with Crippen LogP contribution in [0, 0.1) is 5.92 Å². The number of rotatable bonds is 3. The SMILES string of the molecule is C/C=C1/C(=O)c2c(O)c3c(c(O)c2C(=O)/C1=C(/C)OC)CCC(C(=O)CO)C3. The van der Waals surface area contributed by atoms with Gasteiger partial charge in [-0.1, -0.05) is 6.08 Å². The van der Waals surface area contributed by atoms with Gasteiger partial charge in [-0.15, -0.1) is 0 Å². The second-order valence-corrected chi connectivity index (χ2v) is 6.96. The standard InChI is InChI=1S/C21H22O7/c1-4-11-15(9(2)28-3)21(27)17-16(18(11)24)20(26)13-7-10(14(23)8-22)5-6-12(13)19(17)25/h4,10,22,25-26H,5-8H2,1-3H3/b11-4+,15-9-. The highest BCUT2D eigenvalue weighted by Gasteiger charge is 2.42. The molecule has 0 fully saturated rings. The summed E-state index contributed by atoms with van der Waals surface area (Å²) in [4.78, 5) is 38.1. The number of allylic oxidation sites excluding steroid dienone is 4. The highest BCUT2D eigenvalue weighted by atomic mass is 16.5. The number of hydrogen-bond donors (Lipinski definition) is 3. The van der Waals surface area contributed by atoms with Crippen LogP contribution in [-0.4, -0.2) is 46.4 Å². The molecule has 0 aromatic heterocycles. The van der Waals surface area contributed by atoms with Crippen LogP contribution in [0.4, 0.5) is 0 Å². The smallest absolute Gasteiger partial charge is 0.201 e. The molecule has 0 heterocycles. The first-order valence-corrected chi connectivity index (χ1v) is 9.02. The Morgan fingerprint density at radius 1 is 1.14 bits per heavy atom. The van der Waals surface area contributed by atoms with E-state index >= 15 is 0 Å². The highest BCUT2D eigenvalue weighted by molar-refractivity contribution is 6.33. The average Bonchev–Trinajstić information content (AvgIpc) is 2.71. The molecule has 2 aliphatic rings. The fourth-order valence-electron chi connectivity index (χ4n) is 4.05. The molecule has 7 nitrogen and oxygen atoms in total. The van der Waals surface area contributed by atoms with Crippen molar-refractivity contribution in [2.75, 3.05) is 13.7 Å². The van der Waals surface area contributed by atoms with Crippen LogP contribution in [0.1, 0.15) is 52.1 Å². The Bertz CT molecular complexity index is 966. The molecule has 148 valence electrons. The minimum Gasteiger partial charge on any atom is -0.507 e. The lowest BCUT2D eigenvalue weighted by Gasteiger charge is -2.29. The number of aliphatic hydroxyl groups is 1. The fourth-order valence-corrected chi connectivity index (χ4v) is 4.05. The third-order valence-electron chi connectivity index (χ3n) is 5.61. The predicted octanol–water partition coefficient (Wildman–Crippen LogP) is 2.01. The number of ketones is 3. The van der Waals surface area contributed by atoms with Gasteiger partial charge in [0.25, 0.3) is 0 Å². The van der Waals surface area contributed by atoms with Gasteiger partial charge in [-0.05, 0) is 33.1 Å². The van der Waals surface area contributed by atoms with Crippen LogP contribution in [0.3, 0.4) is 0 Å². The first kappa shape index (κ1) is 19.8. The fraction of sp³-hybridized carbons (Fsp3) is 0.381. The van der Waals surface area contributed by atoms with E-state index in [0.29, 0.717) is 12.0 Å². The van der Waals surface area contributed by atoms with Gasteiger partial charge in [0.1, 0.15) is 23.9 Å².